The molecule has 4 heteroatoms. The third-order valence-corrected chi connectivity index (χ3v) is 4.46. The highest BCUT2D eigenvalue weighted by Crippen LogP contribution is 2.22. The summed E-state index contributed by atoms with van der Waals surface area (Å²) in [7, 11) is -0.438. The Balaban J connectivity index is 2.39. The van der Waals surface area contributed by atoms with Crippen LogP contribution in [0.4, 0.5) is 0 Å². The maximum Gasteiger partial charge on any atom is 0.548 e. The van der Waals surface area contributed by atoms with Gasteiger partial charge < -0.3 is 0 Å². The first kappa shape index (κ1) is 15.6. The number of benzene rings is 2. The Morgan fingerprint density at radius 2 is 1.52 bits per heavy atom. The lowest BCUT2D eigenvalue weighted by atomic mass is 9.93. The van der Waals surface area contributed by atoms with Gasteiger partial charge in [0.25, 0.3) is 0 Å². The molecule has 0 N–H and O–H groups in total. The van der Waals surface area contributed by atoms with Crippen LogP contribution in [0.25, 0.3) is 0 Å². The molecule has 0 heterocycles. The van der Waals surface area contributed by atoms with Crippen molar-refractivity contribution in [2.24, 2.45) is 0 Å². The average molecular weight is 301 g/mol. The van der Waals surface area contributed by atoms with Crippen molar-refractivity contribution in [2.45, 2.75) is 20.8 Å². The van der Waals surface area contributed by atoms with E-state index in [9.17, 15) is 9.36 Å². The second-order valence-electron chi connectivity index (χ2n) is 5.09. The first-order valence-electron chi connectivity index (χ1n) is 6.68. The van der Waals surface area contributed by atoms with E-state index in [1.165, 1.54) is 7.11 Å². The van der Waals surface area contributed by atoms with Gasteiger partial charge in [-0.3, -0.25) is 4.79 Å². The number of carbonyl (C=O) groups excluding carboxylic acids is 1. The van der Waals surface area contributed by atoms with Gasteiger partial charge in [-0.15, -0.1) is 4.52 Å². The summed E-state index contributed by atoms with van der Waals surface area (Å²) in [6.45, 7) is 5.91. The summed E-state index contributed by atoms with van der Waals surface area (Å²) in [5.74, 6) is -0.0100. The fourth-order valence-corrected chi connectivity index (χ4v) is 3.13. The van der Waals surface area contributed by atoms with Crippen LogP contribution in [-0.4, -0.2) is 12.9 Å². The number of ketones is 1. The van der Waals surface area contributed by atoms with Gasteiger partial charge in [-0.1, -0.05) is 17.7 Å². The standard InChI is InChI=1S/C17H18O3P/c1-11-9-12(2)16(13(3)10-11)17(18)14-5-7-15(8-6-14)21(19)20-4/h5-10H,1-4H3/q+1. The Morgan fingerprint density at radius 3 is 2.00 bits per heavy atom. The van der Waals surface area contributed by atoms with Crippen LogP contribution < -0.4 is 5.30 Å². The lowest BCUT2D eigenvalue weighted by molar-refractivity contribution is 0.103. The van der Waals surface area contributed by atoms with Gasteiger partial charge in [0, 0.05) is 11.1 Å². The molecule has 0 saturated carbocycles. The zero-order valence-corrected chi connectivity index (χ0v) is 13.5. The van der Waals surface area contributed by atoms with Gasteiger partial charge in [-0.2, -0.15) is 0 Å². The van der Waals surface area contributed by atoms with Crippen LogP contribution in [0.2, 0.25) is 0 Å². The first-order chi connectivity index (χ1) is 9.93. The molecule has 21 heavy (non-hydrogen) atoms. The molecule has 2 aromatic rings. The van der Waals surface area contributed by atoms with Crippen LogP contribution >= 0.6 is 8.03 Å². The molecule has 0 aliphatic carbocycles. The van der Waals surface area contributed by atoms with Crippen LogP contribution in [0, 0.1) is 20.8 Å². The molecule has 3 nitrogen and oxygen atoms in total. The maximum absolute atomic E-state index is 12.6. The topological polar surface area (TPSA) is 43.4 Å². The van der Waals surface area contributed by atoms with Crippen molar-refractivity contribution in [1.29, 1.82) is 0 Å². The van der Waals surface area contributed by atoms with E-state index >= 15 is 0 Å². The first-order valence-corrected chi connectivity index (χ1v) is 7.85. The van der Waals surface area contributed by atoms with Crippen molar-refractivity contribution in [3.05, 3.63) is 64.2 Å². The number of hydrogen-bond acceptors (Lipinski definition) is 3. The van der Waals surface area contributed by atoms with Gasteiger partial charge in [0.05, 0.1) is 7.11 Å². The summed E-state index contributed by atoms with van der Waals surface area (Å²) < 4.78 is 16.3. The smallest absolute Gasteiger partial charge is 0.289 e. The summed E-state index contributed by atoms with van der Waals surface area (Å²) in [5, 5.41) is 0.585. The van der Waals surface area contributed by atoms with Gasteiger partial charge in [0.1, 0.15) is 0 Å². The second kappa shape index (κ2) is 6.30. The monoisotopic (exact) mass is 301 g/mol. The minimum absolute atomic E-state index is 0.0100. The van der Waals surface area contributed by atoms with Crippen molar-refractivity contribution in [2.75, 3.05) is 7.11 Å². The zero-order valence-electron chi connectivity index (χ0n) is 12.6. The highest BCUT2D eigenvalue weighted by Gasteiger charge is 2.21. The Bertz CT molecular complexity index is 679. The maximum atomic E-state index is 12.6. The predicted octanol–water partition coefficient (Wildman–Crippen LogP) is 3.86. The van der Waals surface area contributed by atoms with Gasteiger partial charge in [0.15, 0.2) is 5.78 Å². The normalized spacial score (nSPS) is 11.3. The third kappa shape index (κ3) is 3.26. The van der Waals surface area contributed by atoms with E-state index in [0.29, 0.717) is 10.9 Å². The van der Waals surface area contributed by atoms with Gasteiger partial charge in [-0.05, 0) is 60.7 Å². The van der Waals surface area contributed by atoms with Crippen molar-refractivity contribution in [1.82, 2.24) is 0 Å². The van der Waals surface area contributed by atoms with Crippen molar-refractivity contribution in [3.8, 4) is 0 Å². The second-order valence-corrected chi connectivity index (χ2v) is 6.49. The SMILES string of the molecule is CO[P+](=O)c1ccc(C(=O)c2c(C)cc(C)cc2C)cc1. The lowest BCUT2D eigenvalue weighted by Crippen LogP contribution is -2.08. The number of carbonyl (C=O) groups is 1. The van der Waals surface area contributed by atoms with Crippen LogP contribution in [0.1, 0.15) is 32.6 Å². The number of rotatable bonds is 4. The summed E-state index contributed by atoms with van der Waals surface area (Å²) in [6, 6.07) is 10.8. The zero-order chi connectivity index (χ0) is 15.6. The molecule has 2 rings (SSSR count). The summed E-state index contributed by atoms with van der Waals surface area (Å²) in [4.78, 5) is 12.6. The van der Waals surface area contributed by atoms with E-state index < -0.39 is 8.03 Å². The van der Waals surface area contributed by atoms with Crippen LogP contribution in [0.5, 0.6) is 0 Å². The summed E-state index contributed by atoms with van der Waals surface area (Å²) in [6.07, 6.45) is 0. The van der Waals surface area contributed by atoms with Crippen LogP contribution in [0.15, 0.2) is 36.4 Å². The molecule has 108 valence electrons. The highest BCUT2D eigenvalue weighted by atomic mass is 31.1. The Labute approximate surface area is 125 Å². The molecular formula is C17H18O3P+. The third-order valence-electron chi connectivity index (χ3n) is 3.41. The molecule has 0 fully saturated rings. The van der Waals surface area contributed by atoms with E-state index in [-0.39, 0.29) is 5.78 Å². The van der Waals surface area contributed by atoms with Crippen LogP contribution in [-0.2, 0) is 9.09 Å². The Morgan fingerprint density at radius 1 is 1.00 bits per heavy atom. The van der Waals surface area contributed by atoms with Gasteiger partial charge >= 0.3 is 8.03 Å². The minimum atomic E-state index is -1.84. The minimum Gasteiger partial charge on any atom is -0.289 e. The quantitative estimate of drug-likeness (QED) is 0.636. The van der Waals surface area contributed by atoms with Gasteiger partial charge in [0.2, 0.25) is 5.30 Å². The molecule has 2 aromatic carbocycles. The molecule has 0 saturated heterocycles. The molecule has 0 aliphatic heterocycles. The van der Waals surface area contributed by atoms with E-state index in [4.69, 9.17) is 4.52 Å². The van der Waals surface area contributed by atoms with Crippen molar-refractivity contribution >= 4 is 19.1 Å². The fourth-order valence-electron chi connectivity index (χ4n) is 2.52. The lowest BCUT2D eigenvalue weighted by Gasteiger charge is -2.10. The molecule has 0 radical (unpaired) electrons. The average Bonchev–Trinajstić information content (AvgIpc) is 2.45. The van der Waals surface area contributed by atoms with Crippen molar-refractivity contribution < 1.29 is 13.9 Å². The molecule has 1 atom stereocenters. The van der Waals surface area contributed by atoms with E-state index in [2.05, 4.69) is 0 Å². The van der Waals surface area contributed by atoms with Gasteiger partial charge in [-0.25, -0.2) is 0 Å². The summed E-state index contributed by atoms with van der Waals surface area (Å²) >= 11 is 0. The molecule has 1 unspecified atom stereocenters. The Kier molecular flexibility index (Phi) is 4.66. The summed E-state index contributed by atoms with van der Waals surface area (Å²) in [5.41, 5.74) is 4.43. The van der Waals surface area contributed by atoms with E-state index in [0.717, 1.165) is 22.3 Å². The molecule has 0 amide bonds. The highest BCUT2D eigenvalue weighted by molar-refractivity contribution is 7.48. The largest absolute Gasteiger partial charge is 0.548 e. The Hall–Kier alpha value is -1.83. The predicted molar refractivity (Wildman–Crippen MR) is 84.8 cm³/mol. The van der Waals surface area contributed by atoms with E-state index in [1.54, 1.807) is 24.3 Å². The van der Waals surface area contributed by atoms with Crippen LogP contribution in [0.3, 0.4) is 0 Å². The van der Waals surface area contributed by atoms with Crippen molar-refractivity contribution in [3.63, 3.8) is 0 Å². The molecule has 0 spiro atoms. The molecular weight excluding hydrogens is 283 g/mol. The molecule has 0 aliphatic rings. The fraction of sp³-hybridized carbons (Fsp3) is 0.235. The molecule has 0 aromatic heterocycles. The molecule has 0 bridgehead atoms. The number of aryl methyl sites for hydroxylation is 3. The van der Waals surface area contributed by atoms with E-state index in [1.807, 2.05) is 32.9 Å². The number of hydrogen-bond donors (Lipinski definition) is 0.